The molecule has 1 aliphatic carbocycles. The van der Waals surface area contributed by atoms with Crippen molar-refractivity contribution in [3.05, 3.63) is 47.1 Å². The number of rotatable bonds is 1. The Morgan fingerprint density at radius 1 is 1.25 bits per heavy atom. The van der Waals surface area contributed by atoms with Gasteiger partial charge in [0, 0.05) is 5.41 Å². The van der Waals surface area contributed by atoms with Gasteiger partial charge in [-0.25, -0.2) is 0 Å². The lowest BCUT2D eigenvalue weighted by Gasteiger charge is -2.32. The highest BCUT2D eigenvalue weighted by Gasteiger charge is 2.39. The van der Waals surface area contributed by atoms with Crippen LogP contribution >= 0.6 is 0 Å². The Kier molecular flexibility index (Phi) is 2.94. The average molecular weight is 271 g/mol. The number of nitrogens with two attached hydrogens (primary N) is 1. The van der Waals surface area contributed by atoms with E-state index < -0.39 is 5.54 Å². The SMILES string of the molecule is CC(C)(C)c1nc(C2(N)CCCc3ccccc32)no1. The summed E-state index contributed by atoms with van der Waals surface area (Å²) in [6, 6.07) is 8.31. The van der Waals surface area contributed by atoms with Gasteiger partial charge in [0.25, 0.3) is 0 Å². The summed E-state index contributed by atoms with van der Waals surface area (Å²) in [5.41, 5.74) is 8.31. The fourth-order valence-electron chi connectivity index (χ4n) is 2.81. The second kappa shape index (κ2) is 4.42. The lowest BCUT2D eigenvalue weighted by Crippen LogP contribution is -2.42. The van der Waals surface area contributed by atoms with Crippen molar-refractivity contribution in [1.29, 1.82) is 0 Å². The fourth-order valence-corrected chi connectivity index (χ4v) is 2.81. The quantitative estimate of drug-likeness (QED) is 0.866. The second-order valence-electron chi connectivity index (χ2n) is 6.66. The molecule has 1 unspecified atom stereocenters. The van der Waals surface area contributed by atoms with Gasteiger partial charge >= 0.3 is 0 Å². The first-order valence-electron chi connectivity index (χ1n) is 7.13. The molecule has 0 radical (unpaired) electrons. The third kappa shape index (κ3) is 2.04. The van der Waals surface area contributed by atoms with Gasteiger partial charge in [-0.15, -0.1) is 0 Å². The Balaban J connectivity index is 2.08. The van der Waals surface area contributed by atoms with E-state index in [1.807, 2.05) is 6.07 Å². The van der Waals surface area contributed by atoms with E-state index in [-0.39, 0.29) is 5.41 Å². The van der Waals surface area contributed by atoms with Crippen LogP contribution in [0, 0.1) is 0 Å². The topological polar surface area (TPSA) is 64.9 Å². The van der Waals surface area contributed by atoms with Gasteiger partial charge in [-0.3, -0.25) is 0 Å². The van der Waals surface area contributed by atoms with Crippen LogP contribution in [0.4, 0.5) is 0 Å². The molecule has 0 fully saturated rings. The van der Waals surface area contributed by atoms with E-state index in [0.717, 1.165) is 24.8 Å². The van der Waals surface area contributed by atoms with E-state index in [0.29, 0.717) is 11.7 Å². The summed E-state index contributed by atoms with van der Waals surface area (Å²) < 4.78 is 5.42. The molecule has 4 nitrogen and oxygen atoms in total. The Labute approximate surface area is 119 Å². The van der Waals surface area contributed by atoms with Crippen molar-refractivity contribution in [3.8, 4) is 0 Å². The molecule has 1 aromatic carbocycles. The summed E-state index contributed by atoms with van der Waals surface area (Å²) in [4.78, 5) is 4.57. The van der Waals surface area contributed by atoms with Crippen molar-refractivity contribution in [2.75, 3.05) is 0 Å². The molecule has 0 spiro atoms. The number of benzene rings is 1. The molecule has 4 heteroatoms. The number of hydrogen-bond donors (Lipinski definition) is 1. The largest absolute Gasteiger partial charge is 0.339 e. The van der Waals surface area contributed by atoms with Crippen LogP contribution in [0.2, 0.25) is 0 Å². The van der Waals surface area contributed by atoms with E-state index in [4.69, 9.17) is 10.3 Å². The van der Waals surface area contributed by atoms with Crippen LogP contribution in [0.15, 0.2) is 28.8 Å². The molecule has 0 aliphatic heterocycles. The Morgan fingerprint density at radius 3 is 2.70 bits per heavy atom. The Bertz CT molecular complexity index is 627. The molecule has 106 valence electrons. The van der Waals surface area contributed by atoms with E-state index >= 15 is 0 Å². The highest BCUT2D eigenvalue weighted by molar-refractivity contribution is 5.40. The van der Waals surface area contributed by atoms with Crippen LogP contribution in [0.25, 0.3) is 0 Å². The zero-order valence-corrected chi connectivity index (χ0v) is 12.3. The Morgan fingerprint density at radius 2 is 2.00 bits per heavy atom. The predicted molar refractivity (Wildman–Crippen MR) is 77.3 cm³/mol. The minimum Gasteiger partial charge on any atom is -0.339 e. The van der Waals surface area contributed by atoms with Crippen molar-refractivity contribution in [1.82, 2.24) is 10.1 Å². The summed E-state index contributed by atoms with van der Waals surface area (Å²) in [7, 11) is 0. The molecule has 3 rings (SSSR count). The van der Waals surface area contributed by atoms with E-state index in [1.54, 1.807) is 0 Å². The van der Waals surface area contributed by atoms with Gasteiger partial charge in [-0.2, -0.15) is 4.98 Å². The summed E-state index contributed by atoms with van der Waals surface area (Å²) in [6.07, 6.45) is 2.97. The molecule has 1 atom stereocenters. The first kappa shape index (κ1) is 13.3. The van der Waals surface area contributed by atoms with Gasteiger partial charge in [0.15, 0.2) is 5.82 Å². The molecule has 0 bridgehead atoms. The number of aromatic nitrogens is 2. The van der Waals surface area contributed by atoms with Crippen molar-refractivity contribution in [3.63, 3.8) is 0 Å². The fraction of sp³-hybridized carbons (Fsp3) is 0.500. The van der Waals surface area contributed by atoms with Gasteiger partial charge < -0.3 is 10.3 Å². The standard InChI is InChI=1S/C16H21N3O/c1-15(2,3)14-18-13(19-20-14)16(17)10-6-8-11-7-4-5-9-12(11)16/h4-5,7,9H,6,8,10,17H2,1-3H3. The van der Waals surface area contributed by atoms with Crippen LogP contribution in [0.1, 0.15) is 56.5 Å². The Hall–Kier alpha value is -1.68. The van der Waals surface area contributed by atoms with Gasteiger partial charge in [0.2, 0.25) is 5.89 Å². The van der Waals surface area contributed by atoms with E-state index in [9.17, 15) is 0 Å². The molecule has 2 N–H and O–H groups in total. The predicted octanol–water partition coefficient (Wildman–Crippen LogP) is 2.91. The number of hydrogen-bond acceptors (Lipinski definition) is 4. The van der Waals surface area contributed by atoms with Crippen LogP contribution in [-0.4, -0.2) is 10.1 Å². The van der Waals surface area contributed by atoms with Crippen molar-refractivity contribution < 1.29 is 4.52 Å². The van der Waals surface area contributed by atoms with Crippen molar-refractivity contribution in [2.45, 2.75) is 51.0 Å². The average Bonchev–Trinajstić information content (AvgIpc) is 2.89. The second-order valence-corrected chi connectivity index (χ2v) is 6.66. The third-order valence-corrected chi connectivity index (χ3v) is 3.98. The zero-order valence-electron chi connectivity index (χ0n) is 12.3. The lowest BCUT2D eigenvalue weighted by atomic mass is 9.76. The summed E-state index contributed by atoms with van der Waals surface area (Å²) >= 11 is 0. The van der Waals surface area contributed by atoms with Gasteiger partial charge in [-0.05, 0) is 30.4 Å². The molecule has 0 saturated carbocycles. The number of nitrogens with zero attached hydrogens (tertiary/aromatic N) is 2. The zero-order chi connectivity index (χ0) is 14.4. The maximum atomic E-state index is 6.66. The van der Waals surface area contributed by atoms with Crippen molar-refractivity contribution in [2.24, 2.45) is 5.73 Å². The van der Waals surface area contributed by atoms with Crippen LogP contribution in [0.3, 0.4) is 0 Å². The number of aryl methyl sites for hydroxylation is 1. The summed E-state index contributed by atoms with van der Waals surface area (Å²) in [6.45, 7) is 6.17. The summed E-state index contributed by atoms with van der Waals surface area (Å²) in [5.74, 6) is 1.25. The van der Waals surface area contributed by atoms with Gasteiger partial charge in [-0.1, -0.05) is 50.2 Å². The smallest absolute Gasteiger partial charge is 0.232 e. The molecule has 2 aromatic rings. The lowest BCUT2D eigenvalue weighted by molar-refractivity contribution is 0.310. The van der Waals surface area contributed by atoms with Crippen LogP contribution in [0.5, 0.6) is 0 Å². The van der Waals surface area contributed by atoms with Crippen molar-refractivity contribution >= 4 is 0 Å². The van der Waals surface area contributed by atoms with E-state index in [1.165, 1.54) is 5.56 Å². The molecule has 1 aromatic heterocycles. The molecule has 20 heavy (non-hydrogen) atoms. The molecule has 0 saturated heterocycles. The summed E-state index contributed by atoms with van der Waals surface area (Å²) in [5, 5.41) is 4.17. The molecular formula is C16H21N3O. The highest BCUT2D eigenvalue weighted by Crippen LogP contribution is 2.37. The monoisotopic (exact) mass is 271 g/mol. The van der Waals surface area contributed by atoms with Crippen LogP contribution < -0.4 is 5.73 Å². The first-order chi connectivity index (χ1) is 9.41. The number of fused-ring (bicyclic) bond motifs is 1. The highest BCUT2D eigenvalue weighted by atomic mass is 16.5. The molecule has 1 heterocycles. The first-order valence-corrected chi connectivity index (χ1v) is 7.13. The van der Waals surface area contributed by atoms with Gasteiger partial charge in [0.1, 0.15) is 5.54 Å². The van der Waals surface area contributed by atoms with Gasteiger partial charge in [0.05, 0.1) is 0 Å². The minimum absolute atomic E-state index is 0.157. The minimum atomic E-state index is -0.623. The van der Waals surface area contributed by atoms with Crippen LogP contribution in [-0.2, 0) is 17.4 Å². The molecular weight excluding hydrogens is 250 g/mol. The maximum Gasteiger partial charge on any atom is 0.232 e. The normalized spacial score (nSPS) is 22.6. The molecule has 1 aliphatic rings. The maximum absolute atomic E-state index is 6.66. The van der Waals surface area contributed by atoms with E-state index in [2.05, 4.69) is 49.1 Å². The third-order valence-electron chi connectivity index (χ3n) is 3.98. The molecule has 0 amide bonds.